The number of H-pyrrole nitrogens is 1. The van der Waals surface area contributed by atoms with Crippen LogP contribution in [-0.4, -0.2) is 26.1 Å². The number of aromatic nitrogens is 4. The molecule has 0 saturated heterocycles. The van der Waals surface area contributed by atoms with Crippen molar-refractivity contribution < 1.29 is 0 Å². The quantitative estimate of drug-likeness (QED) is 0.879. The van der Waals surface area contributed by atoms with Gasteiger partial charge in [0.25, 0.3) is 0 Å². The molecule has 2 heterocycles. The first-order valence-electron chi connectivity index (χ1n) is 6.82. The van der Waals surface area contributed by atoms with Crippen LogP contribution in [0.1, 0.15) is 32.0 Å². The molecule has 19 heavy (non-hydrogen) atoms. The second-order valence-electron chi connectivity index (χ2n) is 5.58. The Labute approximate surface area is 111 Å². The highest BCUT2D eigenvalue weighted by Crippen LogP contribution is 2.30. The van der Waals surface area contributed by atoms with Crippen molar-refractivity contribution in [3.63, 3.8) is 0 Å². The molecule has 2 unspecified atom stereocenters. The summed E-state index contributed by atoms with van der Waals surface area (Å²) in [6.07, 6.45) is 3.90. The highest BCUT2D eigenvalue weighted by atomic mass is 16.1. The van der Waals surface area contributed by atoms with Crippen molar-refractivity contribution in [3.8, 4) is 0 Å². The monoisotopic (exact) mass is 261 g/mol. The molecule has 1 aliphatic carbocycles. The van der Waals surface area contributed by atoms with E-state index in [0.717, 1.165) is 24.2 Å². The van der Waals surface area contributed by atoms with E-state index >= 15 is 0 Å². The minimum Gasteiger partial charge on any atom is -0.370 e. The average Bonchev–Trinajstić information content (AvgIpc) is 2.94. The second-order valence-corrected chi connectivity index (χ2v) is 5.58. The van der Waals surface area contributed by atoms with E-state index < -0.39 is 0 Å². The normalized spacial score (nSPS) is 23.1. The summed E-state index contributed by atoms with van der Waals surface area (Å²) >= 11 is 0. The first-order valence-corrected chi connectivity index (χ1v) is 6.82. The number of nitrogens with one attached hydrogen (secondary N) is 2. The highest BCUT2D eigenvalue weighted by Gasteiger charge is 2.21. The van der Waals surface area contributed by atoms with Gasteiger partial charge in [-0.3, -0.25) is 0 Å². The zero-order valence-corrected chi connectivity index (χ0v) is 11.3. The van der Waals surface area contributed by atoms with Crippen molar-refractivity contribution in [2.45, 2.75) is 33.1 Å². The van der Waals surface area contributed by atoms with Gasteiger partial charge in [-0.1, -0.05) is 13.3 Å². The summed E-state index contributed by atoms with van der Waals surface area (Å²) in [6.45, 7) is 5.07. The summed E-state index contributed by atoms with van der Waals surface area (Å²) in [4.78, 5) is 15.9. The van der Waals surface area contributed by atoms with Gasteiger partial charge in [0, 0.05) is 12.6 Å². The number of aryl methyl sites for hydroxylation is 1. The van der Waals surface area contributed by atoms with Crippen LogP contribution in [0.2, 0.25) is 0 Å². The second kappa shape index (κ2) is 4.68. The standard InChI is InChI=1S/C13H19N5O/c1-8-3-4-10(5-8)7-14-11-6-12-16-17-13(19)18(12)9(2)15-11/h6,8,10,14H,3-5,7H2,1-2H3,(H,17,19). The Morgan fingerprint density at radius 1 is 1.53 bits per heavy atom. The molecule has 0 aromatic carbocycles. The lowest BCUT2D eigenvalue weighted by Gasteiger charge is -2.12. The maximum absolute atomic E-state index is 11.5. The van der Waals surface area contributed by atoms with E-state index in [1.165, 1.54) is 23.7 Å². The van der Waals surface area contributed by atoms with E-state index in [1.807, 2.05) is 13.0 Å². The Morgan fingerprint density at radius 2 is 2.37 bits per heavy atom. The SMILES string of the molecule is Cc1nc(NCC2CCC(C)C2)cc2n[nH]c(=O)n12. The van der Waals surface area contributed by atoms with Crippen LogP contribution in [0.25, 0.3) is 5.65 Å². The molecule has 0 amide bonds. The Kier molecular flexibility index (Phi) is 3.00. The third-order valence-electron chi connectivity index (χ3n) is 3.95. The largest absolute Gasteiger partial charge is 0.370 e. The van der Waals surface area contributed by atoms with Gasteiger partial charge in [-0.15, -0.1) is 0 Å². The van der Waals surface area contributed by atoms with Gasteiger partial charge in [-0.05, 0) is 31.6 Å². The molecule has 6 heteroatoms. The number of rotatable bonds is 3. The Morgan fingerprint density at radius 3 is 3.11 bits per heavy atom. The summed E-state index contributed by atoms with van der Waals surface area (Å²) in [5.41, 5.74) is 0.371. The van der Waals surface area contributed by atoms with Crippen molar-refractivity contribution >= 4 is 11.5 Å². The summed E-state index contributed by atoms with van der Waals surface area (Å²) in [6, 6.07) is 1.81. The minimum absolute atomic E-state index is 0.240. The number of anilines is 1. The van der Waals surface area contributed by atoms with Crippen molar-refractivity contribution in [1.82, 2.24) is 19.6 Å². The number of nitrogens with zero attached hydrogens (tertiary/aromatic N) is 3. The van der Waals surface area contributed by atoms with Crippen molar-refractivity contribution in [2.24, 2.45) is 11.8 Å². The van der Waals surface area contributed by atoms with E-state index in [9.17, 15) is 4.79 Å². The van der Waals surface area contributed by atoms with Gasteiger partial charge < -0.3 is 5.32 Å². The molecule has 1 aliphatic rings. The molecule has 2 aromatic rings. The molecule has 1 saturated carbocycles. The van der Waals surface area contributed by atoms with Gasteiger partial charge in [0.1, 0.15) is 11.6 Å². The van der Waals surface area contributed by atoms with Crippen LogP contribution in [0.15, 0.2) is 10.9 Å². The molecule has 1 fully saturated rings. The molecule has 6 nitrogen and oxygen atoms in total. The Balaban J connectivity index is 1.76. The maximum Gasteiger partial charge on any atom is 0.349 e. The van der Waals surface area contributed by atoms with Crippen LogP contribution in [0, 0.1) is 18.8 Å². The number of aromatic amines is 1. The van der Waals surface area contributed by atoms with Crippen LogP contribution in [0.5, 0.6) is 0 Å². The number of hydrogen-bond donors (Lipinski definition) is 2. The van der Waals surface area contributed by atoms with E-state index in [1.54, 1.807) is 0 Å². The molecular formula is C13H19N5O. The number of hydrogen-bond acceptors (Lipinski definition) is 4. The molecular weight excluding hydrogens is 242 g/mol. The third-order valence-corrected chi connectivity index (χ3v) is 3.95. The lowest BCUT2D eigenvalue weighted by Crippen LogP contribution is -2.16. The third kappa shape index (κ3) is 2.34. The highest BCUT2D eigenvalue weighted by molar-refractivity contribution is 5.49. The molecule has 2 aromatic heterocycles. The van der Waals surface area contributed by atoms with Crippen LogP contribution < -0.4 is 11.0 Å². The smallest absolute Gasteiger partial charge is 0.349 e. The van der Waals surface area contributed by atoms with Crippen molar-refractivity contribution in [3.05, 3.63) is 22.4 Å². The predicted molar refractivity (Wildman–Crippen MR) is 73.3 cm³/mol. The first-order chi connectivity index (χ1) is 9.13. The predicted octanol–water partition coefficient (Wildman–Crippen LogP) is 1.57. The van der Waals surface area contributed by atoms with Gasteiger partial charge in [0.2, 0.25) is 0 Å². The summed E-state index contributed by atoms with van der Waals surface area (Å²) in [5, 5.41) is 9.78. The summed E-state index contributed by atoms with van der Waals surface area (Å²) in [5.74, 6) is 3.02. The average molecular weight is 261 g/mol. The lowest BCUT2D eigenvalue weighted by atomic mass is 10.1. The Hall–Kier alpha value is -1.85. The van der Waals surface area contributed by atoms with Gasteiger partial charge in [-0.25, -0.2) is 19.3 Å². The molecule has 2 atom stereocenters. The van der Waals surface area contributed by atoms with Gasteiger partial charge in [0.15, 0.2) is 5.65 Å². The number of fused-ring (bicyclic) bond motifs is 1. The van der Waals surface area contributed by atoms with Crippen LogP contribution >= 0.6 is 0 Å². The van der Waals surface area contributed by atoms with E-state index in [4.69, 9.17) is 0 Å². The summed E-state index contributed by atoms with van der Waals surface area (Å²) in [7, 11) is 0. The van der Waals surface area contributed by atoms with Gasteiger partial charge in [-0.2, -0.15) is 5.10 Å². The van der Waals surface area contributed by atoms with E-state index in [2.05, 4.69) is 27.4 Å². The lowest BCUT2D eigenvalue weighted by molar-refractivity contribution is 0.536. The molecule has 0 spiro atoms. The fourth-order valence-electron chi connectivity index (χ4n) is 2.95. The van der Waals surface area contributed by atoms with Crippen LogP contribution in [-0.2, 0) is 0 Å². The zero-order chi connectivity index (χ0) is 13.4. The molecule has 102 valence electrons. The zero-order valence-electron chi connectivity index (χ0n) is 11.3. The van der Waals surface area contributed by atoms with E-state index in [-0.39, 0.29) is 5.69 Å². The van der Waals surface area contributed by atoms with Gasteiger partial charge >= 0.3 is 5.69 Å². The topological polar surface area (TPSA) is 75.1 Å². The van der Waals surface area contributed by atoms with Crippen molar-refractivity contribution in [2.75, 3.05) is 11.9 Å². The summed E-state index contributed by atoms with van der Waals surface area (Å²) < 4.78 is 1.48. The molecule has 0 radical (unpaired) electrons. The van der Waals surface area contributed by atoms with Gasteiger partial charge in [0.05, 0.1) is 0 Å². The van der Waals surface area contributed by atoms with Crippen LogP contribution in [0.3, 0.4) is 0 Å². The van der Waals surface area contributed by atoms with Crippen LogP contribution in [0.4, 0.5) is 5.82 Å². The molecule has 0 aliphatic heterocycles. The molecule has 2 N–H and O–H groups in total. The fourth-order valence-corrected chi connectivity index (χ4v) is 2.95. The van der Waals surface area contributed by atoms with E-state index in [0.29, 0.717) is 11.5 Å². The first kappa shape index (κ1) is 12.2. The molecule has 3 rings (SSSR count). The maximum atomic E-state index is 11.5. The fraction of sp³-hybridized carbons (Fsp3) is 0.615. The Bertz CT molecular complexity index is 644. The molecule has 0 bridgehead atoms. The minimum atomic E-state index is -0.240. The van der Waals surface area contributed by atoms with Crippen molar-refractivity contribution in [1.29, 1.82) is 0 Å².